The lowest BCUT2D eigenvalue weighted by molar-refractivity contribution is 0.515. The highest BCUT2D eigenvalue weighted by atomic mass is 35.5. The third-order valence-electron chi connectivity index (χ3n) is 2.14. The molecule has 0 aliphatic rings. The van der Waals surface area contributed by atoms with Gasteiger partial charge >= 0.3 is 0 Å². The second-order valence-corrected chi connectivity index (χ2v) is 3.61. The van der Waals surface area contributed by atoms with Crippen LogP contribution >= 0.6 is 11.6 Å². The Bertz CT molecular complexity index is 481. The van der Waals surface area contributed by atoms with Crippen LogP contribution in [-0.2, 0) is 6.42 Å². The second-order valence-electron chi connectivity index (χ2n) is 3.23. The minimum absolute atomic E-state index is 0.0552. The van der Waals surface area contributed by atoms with E-state index in [0.29, 0.717) is 23.6 Å². The quantitative estimate of drug-likeness (QED) is 0.807. The zero-order valence-electron chi connectivity index (χ0n) is 7.86. The highest BCUT2D eigenvalue weighted by molar-refractivity contribution is 6.17. The number of halogens is 3. The Morgan fingerprint density at radius 1 is 1.33 bits per heavy atom. The molecule has 2 nitrogen and oxygen atoms in total. The van der Waals surface area contributed by atoms with Gasteiger partial charge in [0.15, 0.2) is 11.6 Å². The van der Waals surface area contributed by atoms with Crippen molar-refractivity contribution in [2.75, 3.05) is 5.88 Å². The number of aromatic nitrogens is 2. The topological polar surface area (TPSA) is 28.7 Å². The molecule has 0 saturated heterocycles. The van der Waals surface area contributed by atoms with Crippen molar-refractivity contribution in [1.29, 1.82) is 0 Å². The Morgan fingerprint density at radius 3 is 2.87 bits per heavy atom. The summed E-state index contributed by atoms with van der Waals surface area (Å²) in [4.78, 5) is 6.90. The molecule has 2 rings (SSSR count). The number of hydrogen-bond donors (Lipinski definition) is 1. The maximum atomic E-state index is 13.3. The van der Waals surface area contributed by atoms with Gasteiger partial charge in [-0.05, 0) is 18.6 Å². The summed E-state index contributed by atoms with van der Waals surface area (Å²) in [6.07, 6.45) is 1.39. The molecule has 1 aromatic heterocycles. The molecule has 15 heavy (non-hydrogen) atoms. The number of alkyl halides is 1. The van der Waals surface area contributed by atoms with E-state index < -0.39 is 11.6 Å². The van der Waals surface area contributed by atoms with Crippen molar-refractivity contribution in [3.05, 3.63) is 29.6 Å². The summed E-state index contributed by atoms with van der Waals surface area (Å²) in [5.74, 6) is -0.623. The molecular formula is C10H9ClF2N2. The minimum Gasteiger partial charge on any atom is -0.342 e. The van der Waals surface area contributed by atoms with Crippen LogP contribution in [0.4, 0.5) is 8.78 Å². The fourth-order valence-corrected chi connectivity index (χ4v) is 1.55. The normalized spacial score (nSPS) is 11.1. The van der Waals surface area contributed by atoms with Gasteiger partial charge < -0.3 is 4.98 Å². The fraction of sp³-hybridized carbons (Fsp3) is 0.300. The number of rotatable bonds is 3. The first-order valence-corrected chi connectivity index (χ1v) is 5.14. The summed E-state index contributed by atoms with van der Waals surface area (Å²) in [6.45, 7) is 0. The largest absolute Gasteiger partial charge is 0.342 e. The van der Waals surface area contributed by atoms with Gasteiger partial charge in [0, 0.05) is 12.3 Å². The first-order valence-electron chi connectivity index (χ1n) is 4.61. The predicted octanol–water partition coefficient (Wildman–Crippen LogP) is 3.01. The van der Waals surface area contributed by atoms with Gasteiger partial charge in [-0.1, -0.05) is 0 Å². The average molecular weight is 231 g/mol. The van der Waals surface area contributed by atoms with E-state index in [2.05, 4.69) is 9.97 Å². The Morgan fingerprint density at radius 2 is 2.13 bits per heavy atom. The third-order valence-corrected chi connectivity index (χ3v) is 2.41. The van der Waals surface area contributed by atoms with Gasteiger partial charge in [0.1, 0.15) is 11.3 Å². The van der Waals surface area contributed by atoms with Gasteiger partial charge in [0.2, 0.25) is 0 Å². The number of aryl methyl sites for hydroxylation is 1. The molecule has 0 aliphatic carbocycles. The van der Waals surface area contributed by atoms with E-state index >= 15 is 0 Å². The first-order chi connectivity index (χ1) is 7.22. The first kappa shape index (κ1) is 10.4. The van der Waals surface area contributed by atoms with Crippen molar-refractivity contribution in [3.8, 4) is 0 Å². The van der Waals surface area contributed by atoms with Crippen LogP contribution in [0.15, 0.2) is 12.1 Å². The number of imidazole rings is 1. The van der Waals surface area contributed by atoms with Crippen molar-refractivity contribution in [2.24, 2.45) is 0 Å². The summed E-state index contributed by atoms with van der Waals surface area (Å²) < 4.78 is 26.1. The van der Waals surface area contributed by atoms with Crippen molar-refractivity contribution >= 4 is 22.6 Å². The minimum atomic E-state index is -0.902. The molecule has 5 heteroatoms. The summed E-state index contributed by atoms with van der Waals surface area (Å²) in [5, 5.41) is 0. The van der Waals surface area contributed by atoms with Gasteiger partial charge in [0.05, 0.1) is 5.52 Å². The van der Waals surface area contributed by atoms with Crippen LogP contribution in [0.2, 0.25) is 0 Å². The van der Waals surface area contributed by atoms with Crippen LogP contribution in [0.1, 0.15) is 12.2 Å². The lowest BCUT2D eigenvalue weighted by Crippen LogP contribution is -1.88. The number of nitrogens with zero attached hydrogens (tertiary/aromatic N) is 1. The lowest BCUT2D eigenvalue weighted by Gasteiger charge is -1.91. The predicted molar refractivity (Wildman–Crippen MR) is 55.1 cm³/mol. The van der Waals surface area contributed by atoms with Crippen LogP contribution < -0.4 is 0 Å². The third kappa shape index (κ3) is 1.95. The van der Waals surface area contributed by atoms with Crippen LogP contribution in [-0.4, -0.2) is 15.8 Å². The summed E-state index contributed by atoms with van der Waals surface area (Å²) in [5.41, 5.74) is 0.568. The number of fused-ring (bicyclic) bond motifs is 1. The molecule has 2 aromatic rings. The maximum absolute atomic E-state index is 13.3. The van der Waals surface area contributed by atoms with E-state index in [-0.39, 0.29) is 5.52 Å². The summed E-state index contributed by atoms with van der Waals surface area (Å²) >= 11 is 5.53. The zero-order chi connectivity index (χ0) is 10.8. The van der Waals surface area contributed by atoms with Crippen LogP contribution in [0.5, 0.6) is 0 Å². The summed E-state index contributed by atoms with van der Waals surface area (Å²) in [6, 6.07) is 2.56. The van der Waals surface area contributed by atoms with Gasteiger partial charge in [-0.15, -0.1) is 11.6 Å². The zero-order valence-corrected chi connectivity index (χ0v) is 8.61. The highest BCUT2D eigenvalue weighted by Gasteiger charge is 2.11. The number of nitrogens with one attached hydrogen (secondary N) is 1. The molecule has 1 N–H and O–H groups in total. The molecule has 0 unspecified atom stereocenters. The molecule has 0 amide bonds. The molecular weight excluding hydrogens is 222 g/mol. The molecule has 0 bridgehead atoms. The Hall–Kier alpha value is -1.16. The Balaban J connectivity index is 2.42. The van der Waals surface area contributed by atoms with Crippen LogP contribution in [0, 0.1) is 11.6 Å². The van der Waals surface area contributed by atoms with E-state index in [0.717, 1.165) is 12.5 Å². The Kier molecular flexibility index (Phi) is 2.86. The van der Waals surface area contributed by atoms with Crippen LogP contribution in [0.25, 0.3) is 11.0 Å². The standard InChI is InChI=1S/C10H9ClF2N2/c11-5-1-2-8-14-7-4-3-6(12)9(13)10(7)15-8/h3-4H,1-2,5H2,(H,14,15). The van der Waals surface area contributed by atoms with E-state index in [9.17, 15) is 8.78 Å². The van der Waals surface area contributed by atoms with E-state index in [1.54, 1.807) is 0 Å². The monoisotopic (exact) mass is 230 g/mol. The second kappa shape index (κ2) is 4.14. The molecule has 0 spiro atoms. The molecule has 0 aliphatic heterocycles. The Labute approximate surface area is 90.3 Å². The van der Waals surface area contributed by atoms with Gasteiger partial charge in [-0.25, -0.2) is 13.8 Å². The van der Waals surface area contributed by atoms with Crippen molar-refractivity contribution in [3.63, 3.8) is 0 Å². The summed E-state index contributed by atoms with van der Waals surface area (Å²) in [7, 11) is 0. The maximum Gasteiger partial charge on any atom is 0.186 e. The fourth-order valence-electron chi connectivity index (χ4n) is 1.42. The van der Waals surface area contributed by atoms with Crippen molar-refractivity contribution < 1.29 is 8.78 Å². The van der Waals surface area contributed by atoms with Gasteiger partial charge in [-0.2, -0.15) is 0 Å². The molecule has 0 saturated carbocycles. The van der Waals surface area contributed by atoms with E-state index in [1.165, 1.54) is 6.07 Å². The molecule has 1 aromatic carbocycles. The van der Waals surface area contributed by atoms with E-state index in [1.807, 2.05) is 0 Å². The van der Waals surface area contributed by atoms with Crippen molar-refractivity contribution in [1.82, 2.24) is 9.97 Å². The molecule has 0 atom stereocenters. The number of benzene rings is 1. The molecule has 0 radical (unpaired) electrons. The number of aromatic amines is 1. The van der Waals surface area contributed by atoms with Crippen molar-refractivity contribution in [2.45, 2.75) is 12.8 Å². The highest BCUT2D eigenvalue weighted by Crippen LogP contribution is 2.18. The van der Waals surface area contributed by atoms with E-state index in [4.69, 9.17) is 11.6 Å². The smallest absolute Gasteiger partial charge is 0.186 e. The van der Waals surface area contributed by atoms with Gasteiger partial charge in [-0.3, -0.25) is 0 Å². The number of hydrogen-bond acceptors (Lipinski definition) is 1. The number of H-pyrrole nitrogens is 1. The SMILES string of the molecule is Fc1ccc2[nH]c(CCCCl)nc2c1F. The molecule has 1 heterocycles. The lowest BCUT2D eigenvalue weighted by atomic mass is 10.3. The van der Waals surface area contributed by atoms with Crippen LogP contribution in [0.3, 0.4) is 0 Å². The average Bonchev–Trinajstić information content (AvgIpc) is 2.64. The molecule has 0 fully saturated rings. The van der Waals surface area contributed by atoms with Gasteiger partial charge in [0.25, 0.3) is 0 Å². The molecule has 80 valence electrons.